The van der Waals surface area contributed by atoms with Crippen LogP contribution in [0.5, 0.6) is 0 Å². The normalized spacial score (nSPS) is 12.4. The van der Waals surface area contributed by atoms with Gasteiger partial charge in [0, 0.05) is 25.0 Å². The first-order valence-corrected chi connectivity index (χ1v) is 8.28. The molecule has 0 fully saturated rings. The third kappa shape index (κ3) is 2.52. The van der Waals surface area contributed by atoms with Crippen molar-refractivity contribution < 1.29 is 4.39 Å². The number of thiophene rings is 1. The molecule has 1 N–H and O–H groups in total. The van der Waals surface area contributed by atoms with Crippen LogP contribution in [0.15, 0.2) is 54.4 Å². The maximum Gasteiger partial charge on any atom is 0.139 e. The fourth-order valence-electron chi connectivity index (χ4n) is 2.69. The highest BCUT2D eigenvalue weighted by molar-refractivity contribution is 7.16. The average Bonchev–Trinajstić information content (AvgIpc) is 3.22. The van der Waals surface area contributed by atoms with Gasteiger partial charge in [0.25, 0.3) is 0 Å². The van der Waals surface area contributed by atoms with Crippen LogP contribution < -0.4 is 5.32 Å². The summed E-state index contributed by atoms with van der Waals surface area (Å²) in [5.74, 6) is 1.09. The lowest BCUT2D eigenvalue weighted by Crippen LogP contribution is -2.18. The Morgan fingerprint density at radius 3 is 2.83 bits per heavy atom. The van der Waals surface area contributed by atoms with Crippen LogP contribution in [0, 0.1) is 5.82 Å². The van der Waals surface area contributed by atoms with Crippen LogP contribution in [0.4, 0.5) is 10.2 Å². The molecule has 0 saturated carbocycles. The molecule has 3 aromatic heterocycles. The summed E-state index contributed by atoms with van der Waals surface area (Å²) in [6.45, 7) is 0. The van der Waals surface area contributed by atoms with Crippen molar-refractivity contribution in [3.8, 4) is 0 Å². The molecule has 0 aliphatic rings. The molecule has 0 amide bonds. The Bertz CT molecular complexity index is 993. The van der Waals surface area contributed by atoms with Gasteiger partial charge in [0.05, 0.1) is 5.39 Å². The van der Waals surface area contributed by atoms with Crippen molar-refractivity contribution >= 4 is 27.4 Å². The van der Waals surface area contributed by atoms with Crippen LogP contribution in [0.1, 0.15) is 17.4 Å². The number of imidazole rings is 1. The molecule has 0 aliphatic heterocycles. The SMILES string of the molecule is Cn1ccnc1[C@@H](Nc1ncnc2sccc12)c1ccccc1F. The minimum atomic E-state index is -0.454. The average molecular weight is 339 g/mol. The number of nitrogens with zero attached hydrogens (tertiary/aromatic N) is 4. The van der Waals surface area contributed by atoms with Gasteiger partial charge in [0.1, 0.15) is 34.7 Å². The Kier molecular flexibility index (Phi) is 3.70. The van der Waals surface area contributed by atoms with E-state index in [2.05, 4.69) is 20.3 Å². The van der Waals surface area contributed by atoms with Gasteiger partial charge in [-0.25, -0.2) is 19.3 Å². The zero-order chi connectivity index (χ0) is 16.5. The summed E-state index contributed by atoms with van der Waals surface area (Å²) in [6, 6.07) is 8.20. The molecule has 0 unspecified atom stereocenters. The van der Waals surface area contributed by atoms with Gasteiger partial charge in [0.15, 0.2) is 0 Å². The summed E-state index contributed by atoms with van der Waals surface area (Å²) in [7, 11) is 1.89. The van der Waals surface area contributed by atoms with Gasteiger partial charge in [-0.2, -0.15) is 0 Å². The van der Waals surface area contributed by atoms with Crippen molar-refractivity contribution in [3.63, 3.8) is 0 Å². The molecule has 0 spiro atoms. The van der Waals surface area contributed by atoms with Gasteiger partial charge in [-0.05, 0) is 17.5 Å². The highest BCUT2D eigenvalue weighted by Gasteiger charge is 2.22. The van der Waals surface area contributed by atoms with Gasteiger partial charge >= 0.3 is 0 Å². The van der Waals surface area contributed by atoms with E-state index in [1.807, 2.05) is 35.3 Å². The number of fused-ring (bicyclic) bond motifs is 1. The van der Waals surface area contributed by atoms with E-state index in [0.29, 0.717) is 17.2 Å². The van der Waals surface area contributed by atoms with Crippen molar-refractivity contribution in [2.75, 3.05) is 5.32 Å². The highest BCUT2D eigenvalue weighted by Crippen LogP contribution is 2.30. The van der Waals surface area contributed by atoms with Crippen LogP contribution in [-0.2, 0) is 7.05 Å². The zero-order valence-corrected chi connectivity index (χ0v) is 13.7. The molecule has 120 valence electrons. The lowest BCUT2D eigenvalue weighted by atomic mass is 10.1. The first-order valence-electron chi connectivity index (χ1n) is 7.40. The molecule has 3 heterocycles. The standard InChI is InChI=1S/C17H14FN5S/c1-23-8-7-19-16(23)14(11-4-2-3-5-13(11)18)22-15-12-6-9-24-17(12)21-10-20-15/h2-10,14H,1H3,(H,20,21,22)/t14-/m0/s1. The molecule has 1 atom stereocenters. The lowest BCUT2D eigenvalue weighted by Gasteiger charge is -2.20. The second-order valence-electron chi connectivity index (χ2n) is 5.36. The summed E-state index contributed by atoms with van der Waals surface area (Å²) in [4.78, 5) is 13.9. The van der Waals surface area contributed by atoms with E-state index < -0.39 is 6.04 Å². The lowest BCUT2D eigenvalue weighted by molar-refractivity contribution is 0.596. The number of hydrogen-bond donors (Lipinski definition) is 1. The third-order valence-corrected chi connectivity index (χ3v) is 4.70. The molecule has 0 radical (unpaired) electrons. The van der Waals surface area contributed by atoms with Crippen LogP contribution in [0.3, 0.4) is 0 Å². The summed E-state index contributed by atoms with van der Waals surface area (Å²) < 4.78 is 16.3. The Labute approximate surface area is 141 Å². The van der Waals surface area contributed by atoms with Crippen molar-refractivity contribution in [2.24, 2.45) is 7.05 Å². The fourth-order valence-corrected chi connectivity index (χ4v) is 3.42. The number of benzene rings is 1. The first-order chi connectivity index (χ1) is 11.7. The topological polar surface area (TPSA) is 55.6 Å². The van der Waals surface area contributed by atoms with E-state index >= 15 is 0 Å². The maximum absolute atomic E-state index is 14.4. The van der Waals surface area contributed by atoms with Crippen LogP contribution in [-0.4, -0.2) is 19.5 Å². The Hall–Kier alpha value is -2.80. The predicted molar refractivity (Wildman–Crippen MR) is 92.5 cm³/mol. The number of hydrogen-bond acceptors (Lipinski definition) is 5. The Morgan fingerprint density at radius 2 is 2.04 bits per heavy atom. The molecule has 0 aliphatic carbocycles. The van der Waals surface area contributed by atoms with E-state index in [0.717, 1.165) is 10.2 Å². The predicted octanol–water partition coefficient (Wildman–Crippen LogP) is 3.77. The van der Waals surface area contributed by atoms with E-state index in [1.165, 1.54) is 12.4 Å². The molecule has 5 nitrogen and oxygen atoms in total. The van der Waals surface area contributed by atoms with Gasteiger partial charge in [-0.15, -0.1) is 11.3 Å². The first kappa shape index (κ1) is 14.8. The molecule has 24 heavy (non-hydrogen) atoms. The minimum Gasteiger partial charge on any atom is -0.356 e. The Balaban J connectivity index is 1.83. The second-order valence-corrected chi connectivity index (χ2v) is 6.25. The van der Waals surface area contributed by atoms with E-state index in [-0.39, 0.29) is 5.82 Å². The highest BCUT2D eigenvalue weighted by atomic mass is 32.1. The third-order valence-electron chi connectivity index (χ3n) is 3.88. The van der Waals surface area contributed by atoms with Crippen molar-refractivity contribution in [3.05, 3.63) is 71.6 Å². The Morgan fingerprint density at radius 1 is 1.17 bits per heavy atom. The maximum atomic E-state index is 14.4. The number of aromatic nitrogens is 4. The smallest absolute Gasteiger partial charge is 0.139 e. The number of rotatable bonds is 4. The molecule has 7 heteroatoms. The van der Waals surface area contributed by atoms with Gasteiger partial charge in [-0.1, -0.05) is 18.2 Å². The van der Waals surface area contributed by atoms with E-state index in [1.54, 1.807) is 29.7 Å². The number of halogens is 1. The van der Waals surface area contributed by atoms with Crippen molar-refractivity contribution in [1.29, 1.82) is 0 Å². The number of anilines is 1. The molecular formula is C17H14FN5S. The quantitative estimate of drug-likeness (QED) is 0.615. The van der Waals surface area contributed by atoms with E-state index in [9.17, 15) is 4.39 Å². The van der Waals surface area contributed by atoms with E-state index in [4.69, 9.17) is 0 Å². The van der Waals surface area contributed by atoms with Crippen LogP contribution in [0.2, 0.25) is 0 Å². The molecule has 0 saturated heterocycles. The second kappa shape index (κ2) is 6.01. The fraction of sp³-hybridized carbons (Fsp3) is 0.118. The number of aryl methyl sites for hydroxylation is 1. The summed E-state index contributed by atoms with van der Waals surface area (Å²) in [6.07, 6.45) is 5.05. The summed E-state index contributed by atoms with van der Waals surface area (Å²) in [5.41, 5.74) is 0.522. The van der Waals surface area contributed by atoms with Crippen molar-refractivity contribution in [1.82, 2.24) is 19.5 Å². The van der Waals surface area contributed by atoms with Gasteiger partial charge < -0.3 is 9.88 Å². The van der Waals surface area contributed by atoms with Crippen molar-refractivity contribution in [2.45, 2.75) is 6.04 Å². The molecule has 1 aromatic carbocycles. The summed E-state index contributed by atoms with van der Waals surface area (Å²) >= 11 is 1.54. The molecule has 4 rings (SSSR count). The summed E-state index contributed by atoms with van der Waals surface area (Å²) in [5, 5.41) is 6.22. The minimum absolute atomic E-state index is 0.284. The molecular weight excluding hydrogens is 325 g/mol. The van der Waals surface area contributed by atoms with Crippen LogP contribution >= 0.6 is 11.3 Å². The zero-order valence-electron chi connectivity index (χ0n) is 12.8. The van der Waals surface area contributed by atoms with Crippen LogP contribution in [0.25, 0.3) is 10.2 Å². The molecule has 0 bridgehead atoms. The largest absolute Gasteiger partial charge is 0.356 e. The number of nitrogens with one attached hydrogen (secondary N) is 1. The molecule has 4 aromatic rings. The monoisotopic (exact) mass is 339 g/mol. The van der Waals surface area contributed by atoms with Gasteiger partial charge in [0.2, 0.25) is 0 Å². The van der Waals surface area contributed by atoms with Gasteiger partial charge in [-0.3, -0.25) is 0 Å².